The molecule has 1 aromatic rings. The second-order valence-corrected chi connectivity index (χ2v) is 7.45. The molecule has 1 aliphatic rings. The van der Waals surface area contributed by atoms with Gasteiger partial charge in [-0.1, -0.05) is 0 Å². The van der Waals surface area contributed by atoms with Crippen molar-refractivity contribution in [2.75, 3.05) is 23.3 Å². The maximum Gasteiger partial charge on any atom is 0.232 e. The highest BCUT2D eigenvalue weighted by molar-refractivity contribution is 7.98. The average Bonchev–Trinajstić information content (AvgIpc) is 3.19. The quantitative estimate of drug-likeness (QED) is 0.571. The second kappa shape index (κ2) is 6.63. The number of thioether (sulfide) groups is 1. The Bertz CT molecular complexity index is 496. The third-order valence-corrected chi connectivity index (χ3v) is 5.08. The van der Waals surface area contributed by atoms with Crippen molar-refractivity contribution in [3.05, 3.63) is 24.3 Å². The molecule has 0 bridgehead atoms. The molecule has 0 spiro atoms. The first-order valence-corrected chi connectivity index (χ1v) is 9.35. The standard InChI is InChI=1S/C13H20N2O2S2/c1-18-13-7-5-12(6-8-13)15-19(16,17)10-2-9-14-11-3-4-11/h5-8,11,14-15H,2-4,9-10H2,1H3. The summed E-state index contributed by atoms with van der Waals surface area (Å²) in [6.45, 7) is 0.775. The summed E-state index contributed by atoms with van der Waals surface area (Å²) in [6, 6.07) is 8.06. The Morgan fingerprint density at radius 1 is 1.26 bits per heavy atom. The van der Waals surface area contributed by atoms with E-state index < -0.39 is 10.0 Å². The number of sulfonamides is 1. The van der Waals surface area contributed by atoms with E-state index in [1.165, 1.54) is 12.8 Å². The van der Waals surface area contributed by atoms with Crippen LogP contribution in [0.25, 0.3) is 0 Å². The van der Waals surface area contributed by atoms with Gasteiger partial charge in [-0.15, -0.1) is 11.8 Å². The van der Waals surface area contributed by atoms with Gasteiger partial charge in [-0.25, -0.2) is 8.42 Å². The van der Waals surface area contributed by atoms with Crippen molar-refractivity contribution in [2.24, 2.45) is 0 Å². The van der Waals surface area contributed by atoms with Crippen LogP contribution in [0.4, 0.5) is 5.69 Å². The fraction of sp³-hybridized carbons (Fsp3) is 0.538. The molecule has 2 rings (SSSR count). The molecule has 0 heterocycles. The van der Waals surface area contributed by atoms with Gasteiger partial charge in [0.15, 0.2) is 0 Å². The SMILES string of the molecule is CSc1ccc(NS(=O)(=O)CCCNC2CC2)cc1. The third-order valence-electron chi connectivity index (χ3n) is 2.96. The Kier molecular flexibility index (Phi) is 5.13. The van der Waals surface area contributed by atoms with Crippen LogP contribution in [0.2, 0.25) is 0 Å². The normalized spacial score (nSPS) is 15.4. The molecule has 1 saturated carbocycles. The number of rotatable bonds is 8. The van der Waals surface area contributed by atoms with Crippen molar-refractivity contribution in [3.63, 3.8) is 0 Å². The number of anilines is 1. The summed E-state index contributed by atoms with van der Waals surface area (Å²) in [5.41, 5.74) is 0.632. The average molecular weight is 300 g/mol. The molecule has 4 nitrogen and oxygen atoms in total. The molecule has 19 heavy (non-hydrogen) atoms. The minimum Gasteiger partial charge on any atom is -0.314 e. The minimum absolute atomic E-state index is 0.164. The zero-order chi connectivity index (χ0) is 13.7. The fourth-order valence-electron chi connectivity index (χ4n) is 1.75. The van der Waals surface area contributed by atoms with Crippen LogP contribution in [-0.2, 0) is 10.0 Å². The first kappa shape index (κ1) is 14.7. The van der Waals surface area contributed by atoms with Gasteiger partial charge in [0.25, 0.3) is 0 Å². The Morgan fingerprint density at radius 2 is 1.95 bits per heavy atom. The lowest BCUT2D eigenvalue weighted by Crippen LogP contribution is -2.23. The van der Waals surface area contributed by atoms with E-state index in [0.29, 0.717) is 18.2 Å². The third kappa shape index (κ3) is 5.42. The van der Waals surface area contributed by atoms with E-state index in [4.69, 9.17) is 0 Å². The van der Waals surface area contributed by atoms with E-state index in [1.54, 1.807) is 23.9 Å². The molecule has 0 aromatic heterocycles. The van der Waals surface area contributed by atoms with Crippen LogP contribution in [-0.4, -0.2) is 33.0 Å². The van der Waals surface area contributed by atoms with E-state index in [9.17, 15) is 8.42 Å². The Labute approximate surface area is 119 Å². The van der Waals surface area contributed by atoms with Gasteiger partial charge < -0.3 is 5.32 Å². The molecule has 6 heteroatoms. The van der Waals surface area contributed by atoms with Crippen LogP contribution < -0.4 is 10.0 Å². The van der Waals surface area contributed by atoms with Crippen molar-refractivity contribution in [3.8, 4) is 0 Å². The lowest BCUT2D eigenvalue weighted by molar-refractivity contribution is 0.593. The molecule has 0 atom stereocenters. The predicted molar refractivity (Wildman–Crippen MR) is 81.3 cm³/mol. The molecule has 0 aliphatic heterocycles. The number of hydrogen-bond acceptors (Lipinski definition) is 4. The van der Waals surface area contributed by atoms with Gasteiger partial charge in [-0.3, -0.25) is 4.72 Å². The van der Waals surface area contributed by atoms with Gasteiger partial charge >= 0.3 is 0 Å². The largest absolute Gasteiger partial charge is 0.314 e. The first-order valence-electron chi connectivity index (χ1n) is 6.47. The van der Waals surface area contributed by atoms with Crippen LogP contribution in [0.5, 0.6) is 0 Å². The van der Waals surface area contributed by atoms with E-state index >= 15 is 0 Å². The highest BCUT2D eigenvalue weighted by atomic mass is 32.2. The van der Waals surface area contributed by atoms with Gasteiger partial charge in [0, 0.05) is 16.6 Å². The molecule has 0 amide bonds. The van der Waals surface area contributed by atoms with Crippen LogP contribution in [0.1, 0.15) is 19.3 Å². The van der Waals surface area contributed by atoms with Crippen molar-refractivity contribution >= 4 is 27.5 Å². The molecular weight excluding hydrogens is 280 g/mol. The Balaban J connectivity index is 1.77. The lowest BCUT2D eigenvalue weighted by Gasteiger charge is -2.08. The molecule has 0 radical (unpaired) electrons. The number of benzene rings is 1. The highest BCUT2D eigenvalue weighted by Crippen LogP contribution is 2.19. The van der Waals surface area contributed by atoms with E-state index in [-0.39, 0.29) is 5.75 Å². The summed E-state index contributed by atoms with van der Waals surface area (Å²) in [7, 11) is -3.23. The van der Waals surface area contributed by atoms with Crippen molar-refractivity contribution in [1.29, 1.82) is 0 Å². The van der Waals surface area contributed by atoms with E-state index in [0.717, 1.165) is 11.4 Å². The predicted octanol–water partition coefficient (Wildman–Crippen LogP) is 2.29. The molecule has 0 unspecified atom stereocenters. The van der Waals surface area contributed by atoms with Crippen LogP contribution >= 0.6 is 11.8 Å². The summed E-state index contributed by atoms with van der Waals surface area (Å²) in [4.78, 5) is 1.12. The molecule has 0 saturated heterocycles. The first-order chi connectivity index (χ1) is 9.09. The lowest BCUT2D eigenvalue weighted by atomic mass is 10.3. The molecule has 106 valence electrons. The van der Waals surface area contributed by atoms with Gasteiger partial charge in [0.05, 0.1) is 5.75 Å². The second-order valence-electron chi connectivity index (χ2n) is 4.73. The minimum atomic E-state index is -3.23. The zero-order valence-electron chi connectivity index (χ0n) is 11.1. The van der Waals surface area contributed by atoms with Crippen molar-refractivity contribution < 1.29 is 8.42 Å². The molecular formula is C13H20N2O2S2. The molecule has 1 fully saturated rings. The monoisotopic (exact) mass is 300 g/mol. The van der Waals surface area contributed by atoms with E-state index in [1.807, 2.05) is 18.4 Å². The van der Waals surface area contributed by atoms with E-state index in [2.05, 4.69) is 10.0 Å². The summed E-state index contributed by atoms with van der Waals surface area (Å²) >= 11 is 1.64. The Hall–Kier alpha value is -0.720. The van der Waals surface area contributed by atoms with Crippen molar-refractivity contribution in [1.82, 2.24) is 5.32 Å². The van der Waals surface area contributed by atoms with Gasteiger partial charge in [-0.05, 0) is 56.3 Å². The summed E-state index contributed by atoms with van der Waals surface area (Å²) in [6.07, 6.45) is 5.10. The molecule has 2 N–H and O–H groups in total. The topological polar surface area (TPSA) is 58.2 Å². The fourth-order valence-corrected chi connectivity index (χ4v) is 3.28. The van der Waals surface area contributed by atoms with Gasteiger partial charge in [0.1, 0.15) is 0 Å². The van der Waals surface area contributed by atoms with Crippen LogP contribution in [0.3, 0.4) is 0 Å². The van der Waals surface area contributed by atoms with Crippen LogP contribution in [0.15, 0.2) is 29.2 Å². The maximum absolute atomic E-state index is 11.9. The van der Waals surface area contributed by atoms with Crippen LogP contribution in [0, 0.1) is 0 Å². The highest BCUT2D eigenvalue weighted by Gasteiger charge is 2.20. The van der Waals surface area contributed by atoms with Gasteiger partial charge in [-0.2, -0.15) is 0 Å². The maximum atomic E-state index is 11.9. The smallest absolute Gasteiger partial charge is 0.232 e. The Morgan fingerprint density at radius 3 is 2.53 bits per heavy atom. The van der Waals surface area contributed by atoms with Gasteiger partial charge in [0.2, 0.25) is 10.0 Å². The molecule has 1 aliphatic carbocycles. The molecule has 1 aromatic carbocycles. The number of nitrogens with one attached hydrogen (secondary N) is 2. The summed E-state index contributed by atoms with van der Waals surface area (Å²) in [5.74, 6) is 0.164. The number of hydrogen-bond donors (Lipinski definition) is 2. The zero-order valence-corrected chi connectivity index (χ0v) is 12.7. The van der Waals surface area contributed by atoms with Crippen molar-refractivity contribution in [2.45, 2.75) is 30.2 Å². The summed E-state index contributed by atoms with van der Waals surface area (Å²) in [5, 5.41) is 3.31. The summed E-state index contributed by atoms with van der Waals surface area (Å²) < 4.78 is 26.3.